The van der Waals surface area contributed by atoms with Crippen LogP contribution >= 0.6 is 23.2 Å². The Morgan fingerprint density at radius 3 is 2.26 bits per heavy atom. The number of hydrogen-bond donors (Lipinski definition) is 2. The topological polar surface area (TPSA) is 61.4 Å². The van der Waals surface area contributed by atoms with Crippen LogP contribution in [-0.2, 0) is 17.9 Å². The van der Waals surface area contributed by atoms with Gasteiger partial charge in [0.05, 0.1) is 17.1 Å². The summed E-state index contributed by atoms with van der Waals surface area (Å²) in [6.07, 6.45) is 1.31. The van der Waals surface area contributed by atoms with Gasteiger partial charge in [0, 0.05) is 31.2 Å². The van der Waals surface area contributed by atoms with E-state index in [1.165, 1.54) is 24.1 Å². The van der Waals surface area contributed by atoms with E-state index in [9.17, 15) is 9.59 Å². The number of nitrogens with one attached hydrogen (secondary N) is 2. The number of carbonyl (C=O) groups is 2. The maximum absolute atomic E-state index is 12.2. The molecule has 1 fully saturated rings. The molecule has 1 aliphatic rings. The number of benzene rings is 2. The van der Waals surface area contributed by atoms with Crippen molar-refractivity contribution in [2.45, 2.75) is 33.4 Å². The molecule has 2 atom stereocenters. The molecule has 2 aromatic rings. The quantitative estimate of drug-likeness (QED) is 0.636. The van der Waals surface area contributed by atoms with E-state index < -0.39 is 5.91 Å². The zero-order chi connectivity index (χ0) is 22.4. The van der Waals surface area contributed by atoms with Gasteiger partial charge >= 0.3 is 0 Å². The molecule has 1 heterocycles. The van der Waals surface area contributed by atoms with Crippen LogP contribution in [0.4, 0.5) is 0 Å². The second kappa shape index (κ2) is 11.0. The van der Waals surface area contributed by atoms with E-state index in [0.717, 1.165) is 37.0 Å². The molecule has 2 unspecified atom stereocenters. The lowest BCUT2D eigenvalue weighted by molar-refractivity contribution is -0.120. The number of piperidine rings is 1. The van der Waals surface area contributed by atoms with E-state index >= 15 is 0 Å². The largest absolute Gasteiger partial charge is 0.350 e. The molecule has 0 bridgehead atoms. The highest BCUT2D eigenvalue weighted by molar-refractivity contribution is 6.36. The summed E-state index contributed by atoms with van der Waals surface area (Å²) in [6.45, 7) is 8.18. The Morgan fingerprint density at radius 2 is 1.61 bits per heavy atom. The molecule has 2 aromatic carbocycles. The van der Waals surface area contributed by atoms with Gasteiger partial charge in [-0.2, -0.15) is 0 Å². The molecule has 1 saturated heterocycles. The highest BCUT2D eigenvalue weighted by Crippen LogP contribution is 2.23. The van der Waals surface area contributed by atoms with Gasteiger partial charge in [0.15, 0.2) is 0 Å². The number of halogens is 2. The predicted octanol–water partition coefficient (Wildman–Crippen LogP) is 4.52. The molecule has 31 heavy (non-hydrogen) atoms. The predicted molar refractivity (Wildman–Crippen MR) is 125 cm³/mol. The molecule has 2 amide bonds. The molecule has 0 aromatic heterocycles. The first-order valence-electron chi connectivity index (χ1n) is 10.6. The second-order valence-electron chi connectivity index (χ2n) is 8.54. The number of hydrogen-bond acceptors (Lipinski definition) is 3. The van der Waals surface area contributed by atoms with Crippen molar-refractivity contribution in [3.05, 3.63) is 69.2 Å². The average Bonchev–Trinajstić information content (AvgIpc) is 2.71. The molecular formula is C24H29Cl2N3O2. The van der Waals surface area contributed by atoms with E-state index in [4.69, 9.17) is 23.2 Å². The zero-order valence-corrected chi connectivity index (χ0v) is 19.5. The lowest BCUT2D eigenvalue weighted by Crippen LogP contribution is -2.38. The normalized spacial score (nSPS) is 19.1. The molecule has 166 valence electrons. The summed E-state index contributed by atoms with van der Waals surface area (Å²) in [4.78, 5) is 26.8. The molecule has 0 spiro atoms. The van der Waals surface area contributed by atoms with Crippen molar-refractivity contribution in [1.29, 1.82) is 0 Å². The van der Waals surface area contributed by atoms with E-state index in [1.807, 2.05) is 12.1 Å². The Morgan fingerprint density at radius 1 is 0.968 bits per heavy atom. The molecule has 0 saturated carbocycles. The Balaban J connectivity index is 1.42. The van der Waals surface area contributed by atoms with Crippen molar-refractivity contribution in [2.24, 2.45) is 11.8 Å². The maximum Gasteiger partial charge on any atom is 0.253 e. The van der Waals surface area contributed by atoms with Crippen molar-refractivity contribution >= 4 is 35.0 Å². The van der Waals surface area contributed by atoms with E-state index in [1.54, 1.807) is 6.07 Å². The van der Waals surface area contributed by atoms with Gasteiger partial charge in [0.2, 0.25) is 5.91 Å². The van der Waals surface area contributed by atoms with Gasteiger partial charge in [-0.25, -0.2) is 0 Å². The van der Waals surface area contributed by atoms with Crippen LogP contribution in [-0.4, -0.2) is 36.3 Å². The molecule has 5 nitrogen and oxygen atoms in total. The summed E-state index contributed by atoms with van der Waals surface area (Å²) in [5.74, 6) is 0.810. The fraction of sp³-hybridized carbons (Fsp3) is 0.417. The summed E-state index contributed by atoms with van der Waals surface area (Å²) >= 11 is 11.9. The van der Waals surface area contributed by atoms with Gasteiger partial charge in [0.25, 0.3) is 5.91 Å². The van der Waals surface area contributed by atoms with E-state index in [-0.39, 0.29) is 23.0 Å². The summed E-state index contributed by atoms with van der Waals surface area (Å²) < 4.78 is 0. The summed E-state index contributed by atoms with van der Waals surface area (Å²) in [5, 5.41) is 6.10. The van der Waals surface area contributed by atoms with Gasteiger partial charge < -0.3 is 10.6 Å². The number of rotatable bonds is 7. The van der Waals surface area contributed by atoms with Crippen molar-refractivity contribution in [2.75, 3.05) is 19.6 Å². The second-order valence-corrected chi connectivity index (χ2v) is 9.38. The minimum Gasteiger partial charge on any atom is -0.350 e. The van der Waals surface area contributed by atoms with Crippen LogP contribution in [0.2, 0.25) is 10.0 Å². The summed E-state index contributed by atoms with van der Waals surface area (Å²) in [7, 11) is 0. The molecule has 3 rings (SSSR count). The van der Waals surface area contributed by atoms with Crippen molar-refractivity contribution < 1.29 is 9.59 Å². The smallest absolute Gasteiger partial charge is 0.253 e. The zero-order valence-electron chi connectivity index (χ0n) is 18.0. The number of likely N-dealkylation sites (tertiary alicyclic amines) is 1. The molecule has 0 radical (unpaired) electrons. The van der Waals surface area contributed by atoms with Gasteiger partial charge in [-0.15, -0.1) is 0 Å². The Hall–Kier alpha value is -2.08. The van der Waals surface area contributed by atoms with Gasteiger partial charge in [0.1, 0.15) is 0 Å². The molecule has 2 N–H and O–H groups in total. The van der Waals surface area contributed by atoms with Crippen LogP contribution in [0, 0.1) is 11.8 Å². The first kappa shape index (κ1) is 23.6. The number of carbonyl (C=O) groups excluding carboxylic acids is 2. The van der Waals surface area contributed by atoms with Crippen LogP contribution in [0.25, 0.3) is 0 Å². The SMILES string of the molecule is CC1CC(C)CN(Cc2ccc(CNC(=O)CNC(=O)c3ccc(Cl)cc3Cl)cc2)C1. The van der Waals surface area contributed by atoms with Crippen LogP contribution in [0.1, 0.15) is 41.8 Å². The molecule has 1 aliphatic heterocycles. The molecule has 0 aliphatic carbocycles. The standard InChI is InChI=1S/C24H29Cl2N3O2/c1-16-9-17(2)14-29(13-16)15-19-5-3-18(4-6-19)11-27-23(30)12-28-24(31)21-8-7-20(25)10-22(21)26/h3-8,10,16-17H,9,11-15H2,1-2H3,(H,27,30)(H,28,31). The third-order valence-corrected chi connectivity index (χ3v) is 6.00. The fourth-order valence-corrected chi connectivity index (χ4v) is 4.63. The number of nitrogens with zero attached hydrogens (tertiary/aromatic N) is 1. The number of amides is 2. The third kappa shape index (κ3) is 7.23. The Kier molecular flexibility index (Phi) is 8.35. The fourth-order valence-electron chi connectivity index (χ4n) is 4.13. The molecular weight excluding hydrogens is 433 g/mol. The van der Waals surface area contributed by atoms with Crippen LogP contribution in [0.3, 0.4) is 0 Å². The summed E-state index contributed by atoms with van der Waals surface area (Å²) in [6, 6.07) is 12.9. The van der Waals surface area contributed by atoms with Crippen molar-refractivity contribution in [3.63, 3.8) is 0 Å². The van der Waals surface area contributed by atoms with E-state index in [2.05, 4.69) is 41.5 Å². The Labute approximate surface area is 194 Å². The van der Waals surface area contributed by atoms with Crippen LogP contribution in [0.15, 0.2) is 42.5 Å². The summed E-state index contributed by atoms with van der Waals surface area (Å²) in [5.41, 5.74) is 2.58. The van der Waals surface area contributed by atoms with Crippen molar-refractivity contribution in [3.8, 4) is 0 Å². The first-order chi connectivity index (χ1) is 14.8. The first-order valence-corrected chi connectivity index (χ1v) is 11.4. The van der Waals surface area contributed by atoms with Crippen LogP contribution in [0.5, 0.6) is 0 Å². The minimum absolute atomic E-state index is 0.124. The van der Waals surface area contributed by atoms with Crippen molar-refractivity contribution in [1.82, 2.24) is 15.5 Å². The van der Waals surface area contributed by atoms with Gasteiger partial charge in [-0.05, 0) is 47.6 Å². The monoisotopic (exact) mass is 461 g/mol. The highest BCUT2D eigenvalue weighted by atomic mass is 35.5. The molecule has 7 heteroatoms. The lowest BCUT2D eigenvalue weighted by Gasteiger charge is -2.35. The highest BCUT2D eigenvalue weighted by Gasteiger charge is 2.21. The lowest BCUT2D eigenvalue weighted by atomic mass is 9.91. The third-order valence-electron chi connectivity index (χ3n) is 5.45. The van der Waals surface area contributed by atoms with E-state index in [0.29, 0.717) is 11.6 Å². The Bertz CT molecular complexity index is 908. The van der Waals surface area contributed by atoms with Gasteiger partial charge in [-0.1, -0.05) is 61.3 Å². The van der Waals surface area contributed by atoms with Crippen LogP contribution < -0.4 is 10.6 Å². The minimum atomic E-state index is -0.414. The van der Waals surface area contributed by atoms with Gasteiger partial charge in [-0.3, -0.25) is 14.5 Å². The maximum atomic E-state index is 12.2. The average molecular weight is 462 g/mol.